The summed E-state index contributed by atoms with van der Waals surface area (Å²) in [5.74, 6) is -5.11. The first-order valence-electron chi connectivity index (χ1n) is 5.07. The molecule has 0 heterocycles. The van der Waals surface area contributed by atoms with Crippen LogP contribution in [0, 0.1) is 0 Å². The number of hydrogen-bond donors (Lipinski definition) is 1. The summed E-state index contributed by atoms with van der Waals surface area (Å²) in [4.78, 5) is 10.9. The van der Waals surface area contributed by atoms with Crippen molar-refractivity contribution in [2.45, 2.75) is 25.7 Å². The predicted molar refractivity (Wildman–Crippen MR) is 58.6 cm³/mol. The van der Waals surface area contributed by atoms with E-state index >= 15 is 0 Å². The zero-order valence-electron chi connectivity index (χ0n) is 9.83. The monoisotopic (exact) mass is 244 g/mol. The second kappa shape index (κ2) is 4.69. The van der Waals surface area contributed by atoms with Gasteiger partial charge in [0.25, 0.3) is 5.92 Å². The Morgan fingerprint density at radius 2 is 2.06 bits per heavy atom. The van der Waals surface area contributed by atoms with Crippen molar-refractivity contribution in [3.63, 3.8) is 0 Å². The van der Waals surface area contributed by atoms with Gasteiger partial charge in [0.1, 0.15) is 5.75 Å². The van der Waals surface area contributed by atoms with Crippen molar-refractivity contribution in [3.8, 4) is 5.75 Å². The SMILES string of the molecule is COc1c(C(C)C(=O)O)cccc1C(C)(F)F. The maximum Gasteiger partial charge on any atom is 0.310 e. The highest BCUT2D eigenvalue weighted by Crippen LogP contribution is 2.39. The molecule has 1 aromatic rings. The van der Waals surface area contributed by atoms with E-state index in [4.69, 9.17) is 9.84 Å². The molecular formula is C12H14F2O3. The van der Waals surface area contributed by atoms with Crippen LogP contribution in [0.4, 0.5) is 8.78 Å². The summed E-state index contributed by atoms with van der Waals surface area (Å²) in [7, 11) is 1.25. The van der Waals surface area contributed by atoms with Crippen molar-refractivity contribution in [1.29, 1.82) is 0 Å². The number of rotatable bonds is 4. The number of aliphatic carboxylic acids is 1. The molecule has 1 N–H and O–H groups in total. The summed E-state index contributed by atoms with van der Waals surface area (Å²) in [6.45, 7) is 2.18. The molecule has 0 aromatic heterocycles. The van der Waals surface area contributed by atoms with Crippen molar-refractivity contribution >= 4 is 5.97 Å². The molecule has 0 spiro atoms. The lowest BCUT2D eigenvalue weighted by atomic mass is 9.95. The molecule has 0 radical (unpaired) electrons. The lowest BCUT2D eigenvalue weighted by molar-refractivity contribution is -0.138. The van der Waals surface area contributed by atoms with Gasteiger partial charge in [0.2, 0.25) is 0 Å². The molecule has 1 unspecified atom stereocenters. The van der Waals surface area contributed by atoms with E-state index in [0.29, 0.717) is 0 Å². The Morgan fingerprint density at radius 3 is 2.47 bits per heavy atom. The maximum absolute atomic E-state index is 13.3. The largest absolute Gasteiger partial charge is 0.496 e. The minimum atomic E-state index is -3.07. The van der Waals surface area contributed by atoms with Gasteiger partial charge in [0.05, 0.1) is 18.6 Å². The van der Waals surface area contributed by atoms with Gasteiger partial charge in [-0.3, -0.25) is 4.79 Å². The van der Waals surface area contributed by atoms with E-state index in [-0.39, 0.29) is 16.9 Å². The Balaban J connectivity index is 3.39. The van der Waals surface area contributed by atoms with E-state index in [9.17, 15) is 13.6 Å². The van der Waals surface area contributed by atoms with Gasteiger partial charge in [-0.1, -0.05) is 12.1 Å². The van der Waals surface area contributed by atoms with Crippen LogP contribution in [-0.2, 0) is 10.7 Å². The summed E-state index contributed by atoms with van der Waals surface area (Å²) in [5.41, 5.74) is -0.0513. The van der Waals surface area contributed by atoms with Crippen LogP contribution in [0.1, 0.15) is 30.9 Å². The zero-order chi connectivity index (χ0) is 13.2. The molecule has 1 aromatic carbocycles. The van der Waals surface area contributed by atoms with Gasteiger partial charge < -0.3 is 9.84 Å². The number of hydrogen-bond acceptors (Lipinski definition) is 2. The number of carboxylic acid groups (broad SMARTS) is 1. The fraction of sp³-hybridized carbons (Fsp3) is 0.417. The number of methoxy groups -OCH3 is 1. The molecule has 1 rings (SSSR count). The topological polar surface area (TPSA) is 46.5 Å². The fourth-order valence-corrected chi connectivity index (χ4v) is 1.60. The molecule has 0 aliphatic rings. The molecule has 5 heteroatoms. The number of carbonyl (C=O) groups is 1. The highest BCUT2D eigenvalue weighted by atomic mass is 19.3. The van der Waals surface area contributed by atoms with Crippen LogP contribution in [0.25, 0.3) is 0 Å². The van der Waals surface area contributed by atoms with E-state index in [1.807, 2.05) is 0 Å². The average Bonchev–Trinajstić information content (AvgIpc) is 2.25. The standard InChI is InChI=1S/C12H14F2O3/c1-7(11(15)16)8-5-4-6-9(10(8)17-3)12(2,13)14/h4-7H,1-3H3,(H,15,16). The Morgan fingerprint density at radius 1 is 1.47 bits per heavy atom. The minimum absolute atomic E-state index is 0.0603. The number of alkyl halides is 2. The molecular weight excluding hydrogens is 230 g/mol. The van der Waals surface area contributed by atoms with Gasteiger partial charge in [-0.15, -0.1) is 0 Å². The highest BCUT2D eigenvalue weighted by Gasteiger charge is 2.31. The molecule has 17 heavy (non-hydrogen) atoms. The summed E-state index contributed by atoms with van der Waals surface area (Å²) < 4.78 is 31.6. The first-order chi connectivity index (χ1) is 7.79. The first-order valence-corrected chi connectivity index (χ1v) is 5.07. The van der Waals surface area contributed by atoms with Gasteiger partial charge in [0.15, 0.2) is 0 Å². The summed E-state index contributed by atoms with van der Waals surface area (Å²) >= 11 is 0. The van der Waals surface area contributed by atoms with Crippen LogP contribution in [0.3, 0.4) is 0 Å². The van der Waals surface area contributed by atoms with E-state index in [1.165, 1.54) is 32.2 Å². The number of carboxylic acids is 1. The van der Waals surface area contributed by atoms with Crippen LogP contribution >= 0.6 is 0 Å². The number of halogens is 2. The molecule has 0 aliphatic carbocycles. The third kappa shape index (κ3) is 2.72. The lowest BCUT2D eigenvalue weighted by Crippen LogP contribution is -2.14. The van der Waals surface area contributed by atoms with Gasteiger partial charge in [0, 0.05) is 12.5 Å². The third-order valence-corrected chi connectivity index (χ3v) is 2.56. The van der Waals surface area contributed by atoms with Crippen molar-refractivity contribution < 1.29 is 23.4 Å². The molecule has 0 aliphatic heterocycles. The van der Waals surface area contributed by atoms with Crippen LogP contribution in [0.15, 0.2) is 18.2 Å². The maximum atomic E-state index is 13.3. The smallest absolute Gasteiger partial charge is 0.310 e. The first kappa shape index (κ1) is 13.4. The zero-order valence-corrected chi connectivity index (χ0v) is 9.83. The molecule has 94 valence electrons. The number of ether oxygens (including phenoxy) is 1. The molecule has 0 bridgehead atoms. The number of para-hydroxylation sites is 1. The Hall–Kier alpha value is -1.65. The molecule has 0 amide bonds. The van der Waals surface area contributed by atoms with Gasteiger partial charge in [-0.25, -0.2) is 8.78 Å². The van der Waals surface area contributed by atoms with E-state index in [0.717, 1.165) is 6.92 Å². The van der Waals surface area contributed by atoms with Crippen molar-refractivity contribution in [2.75, 3.05) is 7.11 Å². The molecule has 3 nitrogen and oxygen atoms in total. The lowest BCUT2D eigenvalue weighted by Gasteiger charge is -2.19. The Bertz CT molecular complexity index is 424. The number of benzene rings is 1. The molecule has 0 saturated heterocycles. The summed E-state index contributed by atoms with van der Waals surface area (Å²) in [5, 5.41) is 8.91. The summed E-state index contributed by atoms with van der Waals surface area (Å²) in [6.07, 6.45) is 0. The molecule has 0 saturated carbocycles. The van der Waals surface area contributed by atoms with Gasteiger partial charge >= 0.3 is 5.97 Å². The molecule has 1 atom stereocenters. The quantitative estimate of drug-likeness (QED) is 0.885. The second-order valence-corrected chi connectivity index (χ2v) is 3.88. The molecule has 0 fully saturated rings. The third-order valence-electron chi connectivity index (χ3n) is 2.56. The highest BCUT2D eigenvalue weighted by molar-refractivity contribution is 5.77. The van der Waals surface area contributed by atoms with Crippen LogP contribution in [-0.4, -0.2) is 18.2 Å². The van der Waals surface area contributed by atoms with E-state index < -0.39 is 17.8 Å². The van der Waals surface area contributed by atoms with Crippen LogP contribution in [0.5, 0.6) is 5.75 Å². The van der Waals surface area contributed by atoms with Crippen LogP contribution < -0.4 is 4.74 Å². The Labute approximate surface area is 98.0 Å². The van der Waals surface area contributed by atoms with Gasteiger partial charge in [-0.05, 0) is 13.0 Å². The van der Waals surface area contributed by atoms with Crippen molar-refractivity contribution in [1.82, 2.24) is 0 Å². The van der Waals surface area contributed by atoms with Crippen molar-refractivity contribution in [3.05, 3.63) is 29.3 Å². The van der Waals surface area contributed by atoms with E-state index in [2.05, 4.69) is 0 Å². The van der Waals surface area contributed by atoms with Crippen molar-refractivity contribution in [2.24, 2.45) is 0 Å². The van der Waals surface area contributed by atoms with Crippen LogP contribution in [0.2, 0.25) is 0 Å². The predicted octanol–water partition coefficient (Wildman–Crippen LogP) is 3.00. The fourth-order valence-electron chi connectivity index (χ4n) is 1.60. The van der Waals surface area contributed by atoms with E-state index in [1.54, 1.807) is 0 Å². The second-order valence-electron chi connectivity index (χ2n) is 3.88. The average molecular weight is 244 g/mol. The normalized spacial score (nSPS) is 13.2. The minimum Gasteiger partial charge on any atom is -0.496 e. The van der Waals surface area contributed by atoms with Gasteiger partial charge in [-0.2, -0.15) is 0 Å². The Kier molecular flexibility index (Phi) is 3.70. The summed E-state index contributed by atoms with van der Waals surface area (Å²) in [6, 6.07) is 4.12.